The Bertz CT molecular complexity index is 1040. The monoisotopic (exact) mass is 411 g/mol. The second kappa shape index (κ2) is 6.19. The zero-order chi connectivity index (χ0) is 17.5. The van der Waals surface area contributed by atoms with Gasteiger partial charge in [-0.05, 0) is 42.8 Å². The van der Waals surface area contributed by atoms with Crippen molar-refractivity contribution in [2.75, 3.05) is 0 Å². The summed E-state index contributed by atoms with van der Waals surface area (Å²) in [5.74, 6) is -1.21. The highest BCUT2D eigenvalue weighted by atomic mass is 79.9. The van der Waals surface area contributed by atoms with Crippen molar-refractivity contribution in [1.29, 1.82) is 0 Å². The molecule has 0 bridgehead atoms. The zero-order valence-corrected chi connectivity index (χ0v) is 15.0. The van der Waals surface area contributed by atoms with Gasteiger partial charge in [-0.3, -0.25) is 4.79 Å². The normalized spacial score (nSPS) is 13.4. The van der Waals surface area contributed by atoms with Gasteiger partial charge in [-0.15, -0.1) is 0 Å². The van der Waals surface area contributed by atoms with E-state index in [2.05, 4.69) is 20.7 Å². The Balaban J connectivity index is 2.09. The molecule has 6 nitrogen and oxygen atoms in total. The fraction of sp³-hybridized carbons (Fsp3) is 0.188. The minimum atomic E-state index is -3.94. The number of rotatable bonds is 5. The van der Waals surface area contributed by atoms with Crippen LogP contribution in [0.3, 0.4) is 0 Å². The molecule has 0 saturated heterocycles. The van der Waals surface area contributed by atoms with E-state index in [1.54, 1.807) is 19.1 Å². The van der Waals surface area contributed by atoms with Crippen LogP contribution in [0.25, 0.3) is 21.9 Å². The first kappa shape index (κ1) is 16.9. The third-order valence-electron chi connectivity index (χ3n) is 3.72. The lowest BCUT2D eigenvalue weighted by Gasteiger charge is -2.12. The highest BCUT2D eigenvalue weighted by molar-refractivity contribution is 9.10. The van der Waals surface area contributed by atoms with E-state index in [0.717, 1.165) is 9.86 Å². The first-order valence-electron chi connectivity index (χ1n) is 7.19. The zero-order valence-electron chi connectivity index (χ0n) is 12.6. The number of benzene rings is 2. The van der Waals surface area contributed by atoms with E-state index in [1.165, 1.54) is 12.1 Å². The van der Waals surface area contributed by atoms with Gasteiger partial charge in [0.15, 0.2) is 0 Å². The summed E-state index contributed by atoms with van der Waals surface area (Å²) in [5, 5.41) is 10.5. The summed E-state index contributed by atoms with van der Waals surface area (Å²) in [6.45, 7) is 1.60. The predicted molar refractivity (Wildman–Crippen MR) is 93.5 cm³/mol. The molecule has 1 aromatic heterocycles. The Labute approximate surface area is 146 Å². The second-order valence-corrected chi connectivity index (χ2v) is 7.95. The molecular formula is C16H14BrNO5S. The molecule has 2 N–H and O–H groups in total. The maximum atomic E-state index is 12.4. The molecule has 0 fully saturated rings. The topological polar surface area (TPSA) is 96.6 Å². The lowest BCUT2D eigenvalue weighted by atomic mass is 10.1. The van der Waals surface area contributed by atoms with Gasteiger partial charge in [-0.1, -0.05) is 22.9 Å². The van der Waals surface area contributed by atoms with Gasteiger partial charge in [-0.2, -0.15) is 4.72 Å². The van der Waals surface area contributed by atoms with E-state index >= 15 is 0 Å². The van der Waals surface area contributed by atoms with Crippen LogP contribution in [0.5, 0.6) is 0 Å². The molecule has 1 heterocycles. The molecule has 0 saturated carbocycles. The largest absolute Gasteiger partial charge is 0.480 e. The molecule has 3 rings (SSSR count). The number of furan rings is 1. The highest BCUT2D eigenvalue weighted by Crippen LogP contribution is 2.32. The van der Waals surface area contributed by atoms with Crippen LogP contribution >= 0.6 is 15.9 Å². The summed E-state index contributed by atoms with van der Waals surface area (Å²) in [6.07, 6.45) is 0.152. The maximum absolute atomic E-state index is 12.4. The number of carboxylic acid groups (broad SMARTS) is 1. The van der Waals surface area contributed by atoms with Gasteiger partial charge in [0.1, 0.15) is 17.2 Å². The molecule has 2 aromatic carbocycles. The summed E-state index contributed by atoms with van der Waals surface area (Å²) < 4.78 is 33.7. The third-order valence-corrected chi connectivity index (χ3v) is 5.68. The first-order valence-corrected chi connectivity index (χ1v) is 9.46. The maximum Gasteiger partial charge on any atom is 0.321 e. The molecule has 0 aliphatic rings. The molecule has 0 aliphatic heterocycles. The predicted octanol–water partition coefficient (Wildman–Crippen LogP) is 3.49. The molecule has 0 spiro atoms. The molecule has 3 aromatic rings. The van der Waals surface area contributed by atoms with Crippen LogP contribution in [0.15, 0.2) is 50.2 Å². The molecule has 24 heavy (non-hydrogen) atoms. The van der Waals surface area contributed by atoms with Crippen LogP contribution in [0.4, 0.5) is 0 Å². The van der Waals surface area contributed by atoms with E-state index in [9.17, 15) is 13.2 Å². The number of carbonyl (C=O) groups is 1. The van der Waals surface area contributed by atoms with E-state index in [4.69, 9.17) is 9.52 Å². The smallest absolute Gasteiger partial charge is 0.321 e. The Hall–Kier alpha value is -1.90. The van der Waals surface area contributed by atoms with Gasteiger partial charge in [-0.25, -0.2) is 8.42 Å². The van der Waals surface area contributed by atoms with E-state index in [0.29, 0.717) is 16.6 Å². The number of nitrogens with one attached hydrogen (secondary N) is 1. The molecule has 126 valence electrons. The van der Waals surface area contributed by atoms with Crippen LogP contribution in [-0.4, -0.2) is 25.5 Å². The van der Waals surface area contributed by atoms with Crippen LogP contribution in [0, 0.1) is 0 Å². The number of aliphatic carboxylic acids is 1. The van der Waals surface area contributed by atoms with Crippen LogP contribution in [-0.2, 0) is 14.8 Å². The molecule has 0 amide bonds. The van der Waals surface area contributed by atoms with Crippen molar-refractivity contribution in [3.05, 3.63) is 40.9 Å². The van der Waals surface area contributed by atoms with Crippen molar-refractivity contribution in [1.82, 2.24) is 4.72 Å². The third kappa shape index (κ3) is 3.04. The molecular weight excluding hydrogens is 398 g/mol. The minimum Gasteiger partial charge on any atom is -0.480 e. The van der Waals surface area contributed by atoms with Crippen molar-refractivity contribution in [2.45, 2.75) is 24.3 Å². The van der Waals surface area contributed by atoms with Gasteiger partial charge in [0.2, 0.25) is 10.0 Å². The van der Waals surface area contributed by atoms with E-state index in [1.807, 2.05) is 12.1 Å². The number of hydrogen-bond donors (Lipinski definition) is 2. The number of sulfonamides is 1. The van der Waals surface area contributed by atoms with Crippen LogP contribution < -0.4 is 4.72 Å². The van der Waals surface area contributed by atoms with E-state index < -0.39 is 22.0 Å². The van der Waals surface area contributed by atoms with Crippen LogP contribution in [0.1, 0.15) is 13.3 Å². The summed E-state index contributed by atoms with van der Waals surface area (Å²) in [7, 11) is -3.94. The minimum absolute atomic E-state index is 0.000295. The SMILES string of the molecule is CCC(NS(=O)(=O)c1ccc2oc3cc(Br)ccc3c2c1)C(=O)O. The fourth-order valence-corrected chi connectivity index (χ4v) is 4.10. The summed E-state index contributed by atoms with van der Waals surface area (Å²) in [4.78, 5) is 11.1. The average Bonchev–Trinajstić information content (AvgIpc) is 2.88. The number of carboxylic acids is 1. The summed E-state index contributed by atoms with van der Waals surface area (Å²) in [5.41, 5.74) is 1.20. The molecule has 0 aliphatic carbocycles. The first-order chi connectivity index (χ1) is 11.3. The molecule has 1 atom stereocenters. The van der Waals surface area contributed by atoms with Crippen molar-refractivity contribution >= 4 is 53.9 Å². The number of halogens is 1. The van der Waals surface area contributed by atoms with Gasteiger partial charge in [0.05, 0.1) is 4.90 Å². The second-order valence-electron chi connectivity index (χ2n) is 5.32. The van der Waals surface area contributed by atoms with Gasteiger partial charge >= 0.3 is 5.97 Å². The Morgan fingerprint density at radius 3 is 2.62 bits per heavy atom. The summed E-state index contributed by atoms with van der Waals surface area (Å²) >= 11 is 3.36. The summed E-state index contributed by atoms with van der Waals surface area (Å²) in [6, 6.07) is 8.78. The quantitative estimate of drug-likeness (QED) is 0.669. The number of fused-ring (bicyclic) bond motifs is 3. The molecule has 8 heteroatoms. The van der Waals surface area contributed by atoms with Crippen molar-refractivity contribution in [3.8, 4) is 0 Å². The number of hydrogen-bond acceptors (Lipinski definition) is 4. The Morgan fingerprint density at radius 1 is 1.21 bits per heavy atom. The highest BCUT2D eigenvalue weighted by Gasteiger charge is 2.24. The van der Waals surface area contributed by atoms with Gasteiger partial charge in [0.25, 0.3) is 0 Å². The Kier molecular flexibility index (Phi) is 4.37. The van der Waals surface area contributed by atoms with Crippen molar-refractivity contribution in [3.63, 3.8) is 0 Å². The molecule has 0 radical (unpaired) electrons. The van der Waals surface area contributed by atoms with Crippen molar-refractivity contribution < 1.29 is 22.7 Å². The Morgan fingerprint density at radius 2 is 1.96 bits per heavy atom. The van der Waals surface area contributed by atoms with Crippen molar-refractivity contribution in [2.24, 2.45) is 0 Å². The fourth-order valence-electron chi connectivity index (χ4n) is 2.46. The lowest BCUT2D eigenvalue weighted by Crippen LogP contribution is -2.40. The lowest BCUT2D eigenvalue weighted by molar-refractivity contribution is -0.139. The molecule has 1 unspecified atom stereocenters. The van der Waals surface area contributed by atoms with Gasteiger partial charge in [0, 0.05) is 15.2 Å². The standard InChI is InChI=1S/C16H14BrNO5S/c1-2-13(16(19)20)18-24(21,22)10-4-6-14-12(8-10)11-5-3-9(17)7-15(11)23-14/h3-8,13,18H,2H2,1H3,(H,19,20). The van der Waals surface area contributed by atoms with E-state index in [-0.39, 0.29) is 11.3 Å². The van der Waals surface area contributed by atoms with Gasteiger partial charge < -0.3 is 9.52 Å². The average molecular weight is 412 g/mol. The van der Waals surface area contributed by atoms with Crippen LogP contribution in [0.2, 0.25) is 0 Å².